The summed E-state index contributed by atoms with van der Waals surface area (Å²) in [6.45, 7) is 5.59. The van der Waals surface area contributed by atoms with Gasteiger partial charge in [0, 0.05) is 37.7 Å². The summed E-state index contributed by atoms with van der Waals surface area (Å²) in [7, 11) is 0. The third-order valence-corrected chi connectivity index (χ3v) is 3.55. The summed E-state index contributed by atoms with van der Waals surface area (Å²) in [5, 5.41) is 6.38. The fraction of sp³-hybridized carbons (Fsp3) is 0.500. The van der Waals surface area contributed by atoms with Crippen LogP contribution >= 0.6 is 11.6 Å². The zero-order chi connectivity index (χ0) is 14.4. The van der Waals surface area contributed by atoms with Gasteiger partial charge in [-0.2, -0.15) is 0 Å². The van der Waals surface area contributed by atoms with Crippen LogP contribution in [0.15, 0.2) is 18.2 Å². The Morgan fingerprint density at radius 2 is 2.15 bits per heavy atom. The van der Waals surface area contributed by atoms with E-state index in [0.29, 0.717) is 11.6 Å². The predicted octanol–water partition coefficient (Wildman–Crippen LogP) is 1.50. The van der Waals surface area contributed by atoms with Crippen molar-refractivity contribution in [3.63, 3.8) is 0 Å². The maximum absolute atomic E-state index is 13.5. The molecule has 20 heavy (non-hydrogen) atoms. The second-order valence-electron chi connectivity index (χ2n) is 4.83. The van der Waals surface area contributed by atoms with Gasteiger partial charge in [0.15, 0.2) is 0 Å². The molecule has 0 radical (unpaired) electrons. The van der Waals surface area contributed by atoms with E-state index in [9.17, 15) is 9.18 Å². The molecule has 1 aromatic carbocycles. The molecule has 1 aliphatic heterocycles. The summed E-state index contributed by atoms with van der Waals surface area (Å²) in [6.07, 6.45) is 0.855. The van der Waals surface area contributed by atoms with Gasteiger partial charge in [0.25, 0.3) is 5.91 Å². The standard InChI is InChI=1S/C14H19ClFN3O/c15-11-2-3-13(16)12(10-11)14(20)18-4-1-7-19-8-5-17-6-9-19/h2-3,10,17H,1,4-9H2,(H,18,20). The Balaban J connectivity index is 1.73. The van der Waals surface area contributed by atoms with Crippen LogP contribution in [0, 0.1) is 5.82 Å². The normalized spacial score (nSPS) is 16.1. The Morgan fingerprint density at radius 3 is 2.90 bits per heavy atom. The topological polar surface area (TPSA) is 44.4 Å². The fourth-order valence-corrected chi connectivity index (χ4v) is 2.38. The van der Waals surface area contributed by atoms with Crippen molar-refractivity contribution in [2.75, 3.05) is 39.3 Å². The molecular formula is C14H19ClFN3O. The van der Waals surface area contributed by atoms with Crippen molar-refractivity contribution in [2.24, 2.45) is 0 Å². The smallest absolute Gasteiger partial charge is 0.254 e. The second kappa shape index (κ2) is 7.57. The molecule has 0 aliphatic carbocycles. The highest BCUT2D eigenvalue weighted by atomic mass is 35.5. The zero-order valence-corrected chi connectivity index (χ0v) is 12.0. The van der Waals surface area contributed by atoms with Crippen LogP contribution in [-0.2, 0) is 0 Å². The van der Waals surface area contributed by atoms with Crippen molar-refractivity contribution in [2.45, 2.75) is 6.42 Å². The van der Waals surface area contributed by atoms with Gasteiger partial charge in [0.1, 0.15) is 5.82 Å². The molecule has 0 unspecified atom stereocenters. The van der Waals surface area contributed by atoms with Crippen molar-refractivity contribution in [1.82, 2.24) is 15.5 Å². The van der Waals surface area contributed by atoms with E-state index in [0.717, 1.165) is 39.1 Å². The summed E-state index contributed by atoms with van der Waals surface area (Å²) in [5.41, 5.74) is -0.000303. The highest BCUT2D eigenvalue weighted by Gasteiger charge is 2.12. The van der Waals surface area contributed by atoms with Crippen LogP contribution in [0.2, 0.25) is 5.02 Å². The molecule has 1 aromatic rings. The van der Waals surface area contributed by atoms with E-state index in [1.807, 2.05) is 0 Å². The van der Waals surface area contributed by atoms with Crippen molar-refractivity contribution in [3.05, 3.63) is 34.6 Å². The predicted molar refractivity (Wildman–Crippen MR) is 77.7 cm³/mol. The van der Waals surface area contributed by atoms with Gasteiger partial charge in [-0.15, -0.1) is 0 Å². The Hall–Kier alpha value is -1.17. The molecule has 0 bridgehead atoms. The maximum Gasteiger partial charge on any atom is 0.254 e. The molecule has 0 spiro atoms. The number of carbonyl (C=O) groups is 1. The molecule has 0 atom stereocenters. The van der Waals surface area contributed by atoms with Crippen molar-refractivity contribution in [1.29, 1.82) is 0 Å². The fourth-order valence-electron chi connectivity index (χ4n) is 2.21. The molecule has 0 aromatic heterocycles. The lowest BCUT2D eigenvalue weighted by Crippen LogP contribution is -2.44. The first-order valence-corrected chi connectivity index (χ1v) is 7.21. The number of benzene rings is 1. The van der Waals surface area contributed by atoms with Crippen molar-refractivity contribution < 1.29 is 9.18 Å². The van der Waals surface area contributed by atoms with Gasteiger partial charge in [-0.3, -0.25) is 4.79 Å². The summed E-state index contributed by atoms with van der Waals surface area (Å²) in [4.78, 5) is 14.2. The Labute approximate surface area is 123 Å². The number of nitrogens with one attached hydrogen (secondary N) is 2. The number of halogens is 2. The first-order valence-electron chi connectivity index (χ1n) is 6.83. The summed E-state index contributed by atoms with van der Waals surface area (Å²) in [5.74, 6) is -0.959. The van der Waals surface area contributed by atoms with Crippen LogP contribution in [0.3, 0.4) is 0 Å². The molecule has 2 N–H and O–H groups in total. The molecule has 2 rings (SSSR count). The Morgan fingerprint density at radius 1 is 1.40 bits per heavy atom. The number of rotatable bonds is 5. The minimum Gasteiger partial charge on any atom is -0.352 e. The monoisotopic (exact) mass is 299 g/mol. The lowest BCUT2D eigenvalue weighted by Gasteiger charge is -2.27. The van der Waals surface area contributed by atoms with Crippen LogP contribution in [0.1, 0.15) is 16.8 Å². The number of hydrogen-bond acceptors (Lipinski definition) is 3. The lowest BCUT2D eigenvalue weighted by molar-refractivity contribution is 0.0947. The minimum atomic E-state index is -0.547. The van der Waals surface area contributed by atoms with Crippen LogP contribution < -0.4 is 10.6 Å². The average molecular weight is 300 g/mol. The summed E-state index contributed by atoms with van der Waals surface area (Å²) < 4.78 is 13.5. The summed E-state index contributed by atoms with van der Waals surface area (Å²) >= 11 is 5.76. The number of amides is 1. The molecule has 0 saturated carbocycles. The number of nitrogens with zero attached hydrogens (tertiary/aromatic N) is 1. The van der Waals surface area contributed by atoms with Gasteiger partial charge in [-0.05, 0) is 31.2 Å². The SMILES string of the molecule is O=C(NCCCN1CCNCC1)c1cc(Cl)ccc1F. The number of carbonyl (C=O) groups excluding carboxylic acids is 1. The third-order valence-electron chi connectivity index (χ3n) is 3.32. The van der Waals surface area contributed by atoms with E-state index >= 15 is 0 Å². The van der Waals surface area contributed by atoms with E-state index in [-0.39, 0.29) is 5.56 Å². The molecular weight excluding hydrogens is 281 g/mol. The lowest BCUT2D eigenvalue weighted by atomic mass is 10.2. The maximum atomic E-state index is 13.5. The zero-order valence-electron chi connectivity index (χ0n) is 11.3. The van der Waals surface area contributed by atoms with Crippen molar-refractivity contribution in [3.8, 4) is 0 Å². The quantitative estimate of drug-likeness (QED) is 0.810. The average Bonchev–Trinajstić information content (AvgIpc) is 2.47. The third kappa shape index (κ3) is 4.44. The van der Waals surface area contributed by atoms with E-state index in [1.54, 1.807) is 0 Å². The van der Waals surface area contributed by atoms with Gasteiger partial charge >= 0.3 is 0 Å². The van der Waals surface area contributed by atoms with Gasteiger partial charge < -0.3 is 15.5 Å². The van der Waals surface area contributed by atoms with E-state index in [1.165, 1.54) is 18.2 Å². The first-order chi connectivity index (χ1) is 9.66. The largest absolute Gasteiger partial charge is 0.352 e. The molecule has 110 valence electrons. The second-order valence-corrected chi connectivity index (χ2v) is 5.26. The summed E-state index contributed by atoms with van der Waals surface area (Å²) in [6, 6.07) is 3.98. The van der Waals surface area contributed by atoms with E-state index in [2.05, 4.69) is 15.5 Å². The first kappa shape index (κ1) is 15.2. The Kier molecular flexibility index (Phi) is 5.76. The molecule has 4 nitrogen and oxygen atoms in total. The van der Waals surface area contributed by atoms with Gasteiger partial charge in [0.2, 0.25) is 0 Å². The van der Waals surface area contributed by atoms with Gasteiger partial charge in [-0.25, -0.2) is 4.39 Å². The molecule has 1 heterocycles. The van der Waals surface area contributed by atoms with E-state index in [4.69, 9.17) is 11.6 Å². The molecule has 1 amide bonds. The highest BCUT2D eigenvalue weighted by molar-refractivity contribution is 6.30. The molecule has 1 aliphatic rings. The molecule has 6 heteroatoms. The Bertz CT molecular complexity index is 464. The minimum absolute atomic E-state index is 0.000303. The van der Waals surface area contributed by atoms with E-state index < -0.39 is 11.7 Å². The highest BCUT2D eigenvalue weighted by Crippen LogP contribution is 2.14. The van der Waals surface area contributed by atoms with Crippen LogP contribution in [0.5, 0.6) is 0 Å². The molecule has 1 fully saturated rings. The van der Waals surface area contributed by atoms with Crippen molar-refractivity contribution >= 4 is 17.5 Å². The van der Waals surface area contributed by atoms with Crippen LogP contribution in [0.4, 0.5) is 4.39 Å². The number of hydrogen-bond donors (Lipinski definition) is 2. The number of piperazine rings is 1. The van der Waals surface area contributed by atoms with Crippen LogP contribution in [-0.4, -0.2) is 50.1 Å². The van der Waals surface area contributed by atoms with Crippen LogP contribution in [0.25, 0.3) is 0 Å². The molecule has 1 saturated heterocycles. The van der Waals surface area contributed by atoms with Gasteiger partial charge in [0.05, 0.1) is 5.56 Å². The van der Waals surface area contributed by atoms with Gasteiger partial charge in [-0.1, -0.05) is 11.6 Å².